The number of anilines is 1. The predicted molar refractivity (Wildman–Crippen MR) is 116 cm³/mol. The number of amides is 1. The lowest BCUT2D eigenvalue weighted by Crippen LogP contribution is -2.40. The number of nitrogens with zero attached hydrogens (tertiary/aromatic N) is 5. The highest BCUT2D eigenvalue weighted by molar-refractivity contribution is 5.90. The molecule has 10 nitrogen and oxygen atoms in total. The van der Waals surface area contributed by atoms with E-state index in [1.54, 1.807) is 24.3 Å². The van der Waals surface area contributed by atoms with Gasteiger partial charge in [0.05, 0.1) is 11.4 Å². The standard InChI is InChI=1S/C22H18F2N6O4/c1-12-3-6-14(7-4-12)30-22(33)29(2)21(32)19(27-30)20-26-18(34-28-20)10-9-17(31)25-16-8-5-13(23)11-15(16)24/h3-8,11H,9-10H2,1-2H3,(H,25,31). The summed E-state index contributed by atoms with van der Waals surface area (Å²) in [5.41, 5.74) is -0.313. The number of carbonyl (C=O) groups excluding carboxylic acids is 1. The van der Waals surface area contributed by atoms with Crippen LogP contribution in [0.1, 0.15) is 17.9 Å². The molecule has 0 bridgehead atoms. The van der Waals surface area contributed by atoms with Crippen LogP contribution in [0.15, 0.2) is 56.6 Å². The highest BCUT2D eigenvalue weighted by Gasteiger charge is 2.19. The lowest BCUT2D eigenvalue weighted by molar-refractivity contribution is -0.116. The number of aryl methyl sites for hydroxylation is 2. The highest BCUT2D eigenvalue weighted by atomic mass is 19.1. The summed E-state index contributed by atoms with van der Waals surface area (Å²) in [5, 5.41) is 10.2. The molecule has 0 unspecified atom stereocenters. The van der Waals surface area contributed by atoms with Gasteiger partial charge in [-0.15, -0.1) is 0 Å². The van der Waals surface area contributed by atoms with Crippen molar-refractivity contribution in [3.05, 3.63) is 86.4 Å². The third kappa shape index (κ3) is 4.65. The third-order valence-corrected chi connectivity index (χ3v) is 4.90. The second-order valence-corrected chi connectivity index (χ2v) is 7.43. The zero-order valence-electron chi connectivity index (χ0n) is 18.1. The maximum absolute atomic E-state index is 13.7. The molecular formula is C22H18F2N6O4. The monoisotopic (exact) mass is 468 g/mol. The van der Waals surface area contributed by atoms with Crippen molar-refractivity contribution in [3.8, 4) is 17.2 Å². The summed E-state index contributed by atoms with van der Waals surface area (Å²) in [6.45, 7) is 1.89. The van der Waals surface area contributed by atoms with Crippen LogP contribution in [0.3, 0.4) is 0 Å². The maximum Gasteiger partial charge on any atom is 0.351 e. The molecule has 4 rings (SSSR count). The first kappa shape index (κ1) is 22.7. The SMILES string of the molecule is Cc1ccc(-n2nc(-c3noc(CCC(=O)Nc4ccc(F)cc4F)n3)c(=O)n(C)c2=O)cc1. The number of carbonyl (C=O) groups is 1. The van der Waals surface area contributed by atoms with Crippen molar-refractivity contribution >= 4 is 11.6 Å². The van der Waals surface area contributed by atoms with Crippen molar-refractivity contribution in [2.75, 3.05) is 5.32 Å². The number of aromatic nitrogens is 5. The van der Waals surface area contributed by atoms with Crippen molar-refractivity contribution in [1.82, 2.24) is 24.5 Å². The number of hydrogen-bond acceptors (Lipinski definition) is 7. The van der Waals surface area contributed by atoms with Gasteiger partial charge in [0.15, 0.2) is 5.69 Å². The van der Waals surface area contributed by atoms with E-state index in [9.17, 15) is 23.2 Å². The molecule has 0 aliphatic carbocycles. The second kappa shape index (κ2) is 9.17. The fourth-order valence-corrected chi connectivity index (χ4v) is 3.04. The summed E-state index contributed by atoms with van der Waals surface area (Å²) < 4.78 is 33.7. The molecule has 12 heteroatoms. The zero-order valence-corrected chi connectivity index (χ0v) is 18.1. The minimum absolute atomic E-state index is 0.0143. The van der Waals surface area contributed by atoms with Crippen molar-refractivity contribution in [2.24, 2.45) is 7.05 Å². The van der Waals surface area contributed by atoms with Crippen LogP contribution in [0.5, 0.6) is 0 Å². The molecule has 0 spiro atoms. The Kier molecular flexibility index (Phi) is 6.13. The van der Waals surface area contributed by atoms with Crippen LogP contribution < -0.4 is 16.6 Å². The molecule has 0 radical (unpaired) electrons. The Hall–Kier alpha value is -4.48. The second-order valence-electron chi connectivity index (χ2n) is 7.43. The zero-order chi connectivity index (χ0) is 24.4. The van der Waals surface area contributed by atoms with E-state index in [0.717, 1.165) is 26.9 Å². The minimum atomic E-state index is -0.904. The van der Waals surface area contributed by atoms with E-state index in [4.69, 9.17) is 4.52 Å². The van der Waals surface area contributed by atoms with E-state index >= 15 is 0 Å². The molecule has 0 saturated heterocycles. The van der Waals surface area contributed by atoms with Gasteiger partial charge in [-0.3, -0.25) is 14.2 Å². The number of benzene rings is 2. The summed E-state index contributed by atoms with van der Waals surface area (Å²) >= 11 is 0. The van der Waals surface area contributed by atoms with Gasteiger partial charge >= 0.3 is 5.69 Å². The number of halogens is 2. The van der Waals surface area contributed by atoms with Gasteiger partial charge in [0.1, 0.15) is 11.6 Å². The van der Waals surface area contributed by atoms with Crippen LogP contribution in [-0.2, 0) is 18.3 Å². The van der Waals surface area contributed by atoms with Gasteiger partial charge < -0.3 is 9.84 Å². The van der Waals surface area contributed by atoms with E-state index < -0.39 is 28.8 Å². The smallest absolute Gasteiger partial charge is 0.339 e. The Balaban J connectivity index is 1.53. The van der Waals surface area contributed by atoms with E-state index in [2.05, 4.69) is 20.6 Å². The van der Waals surface area contributed by atoms with E-state index in [0.29, 0.717) is 11.8 Å². The van der Waals surface area contributed by atoms with Gasteiger partial charge in [-0.2, -0.15) is 14.8 Å². The van der Waals surface area contributed by atoms with Crippen LogP contribution in [-0.4, -0.2) is 30.4 Å². The van der Waals surface area contributed by atoms with Crippen molar-refractivity contribution < 1.29 is 18.1 Å². The molecule has 174 valence electrons. The topological polar surface area (TPSA) is 125 Å². The van der Waals surface area contributed by atoms with Gasteiger partial charge in [0.25, 0.3) is 5.56 Å². The summed E-state index contributed by atoms with van der Waals surface area (Å²) in [4.78, 5) is 41.3. The normalized spacial score (nSPS) is 10.9. The average molecular weight is 468 g/mol. The van der Waals surface area contributed by atoms with Crippen molar-refractivity contribution in [1.29, 1.82) is 0 Å². The molecular weight excluding hydrogens is 450 g/mol. The lowest BCUT2D eigenvalue weighted by Gasteiger charge is -2.08. The van der Waals surface area contributed by atoms with Gasteiger partial charge in [0.2, 0.25) is 17.6 Å². The molecule has 0 aliphatic rings. The lowest BCUT2D eigenvalue weighted by atomic mass is 10.2. The van der Waals surface area contributed by atoms with E-state index in [-0.39, 0.29) is 35.9 Å². The first-order chi connectivity index (χ1) is 16.2. The van der Waals surface area contributed by atoms with E-state index in [1.807, 2.05) is 6.92 Å². The first-order valence-electron chi connectivity index (χ1n) is 10.1. The summed E-state index contributed by atoms with van der Waals surface area (Å²) in [6, 6.07) is 9.74. The van der Waals surface area contributed by atoms with Crippen LogP contribution in [0, 0.1) is 18.6 Å². The summed E-state index contributed by atoms with van der Waals surface area (Å²) in [7, 11) is 1.31. The van der Waals surface area contributed by atoms with Crippen molar-refractivity contribution in [3.63, 3.8) is 0 Å². The molecule has 2 aromatic carbocycles. The Morgan fingerprint density at radius 3 is 2.56 bits per heavy atom. The summed E-state index contributed by atoms with van der Waals surface area (Å²) in [6.07, 6.45) is -0.160. The van der Waals surface area contributed by atoms with Crippen LogP contribution in [0.2, 0.25) is 0 Å². The van der Waals surface area contributed by atoms with Crippen LogP contribution in [0.25, 0.3) is 17.2 Å². The molecule has 1 amide bonds. The Labute approximate surface area is 190 Å². The molecule has 2 heterocycles. The van der Waals surface area contributed by atoms with Gasteiger partial charge in [-0.25, -0.2) is 13.6 Å². The number of nitrogens with one attached hydrogen (secondary N) is 1. The Morgan fingerprint density at radius 2 is 1.85 bits per heavy atom. The molecule has 1 N–H and O–H groups in total. The average Bonchev–Trinajstić information content (AvgIpc) is 3.28. The third-order valence-electron chi connectivity index (χ3n) is 4.90. The van der Waals surface area contributed by atoms with Gasteiger partial charge in [-0.05, 0) is 31.2 Å². The van der Waals surface area contributed by atoms with Crippen molar-refractivity contribution in [2.45, 2.75) is 19.8 Å². The summed E-state index contributed by atoms with van der Waals surface area (Å²) in [5.74, 6) is -2.35. The molecule has 34 heavy (non-hydrogen) atoms. The highest BCUT2D eigenvalue weighted by Crippen LogP contribution is 2.16. The number of hydrogen-bond donors (Lipinski definition) is 1. The van der Waals surface area contributed by atoms with Gasteiger partial charge in [-0.1, -0.05) is 22.9 Å². The molecule has 0 atom stereocenters. The Morgan fingerprint density at radius 1 is 1.12 bits per heavy atom. The van der Waals surface area contributed by atoms with Crippen LogP contribution >= 0.6 is 0 Å². The molecule has 4 aromatic rings. The maximum atomic E-state index is 13.7. The first-order valence-corrected chi connectivity index (χ1v) is 10.1. The van der Waals surface area contributed by atoms with E-state index in [1.165, 1.54) is 7.05 Å². The molecule has 2 aromatic heterocycles. The number of rotatable bonds is 6. The molecule has 0 fully saturated rings. The Bertz CT molecular complexity index is 1490. The molecule has 0 saturated carbocycles. The largest absolute Gasteiger partial charge is 0.351 e. The quantitative estimate of drug-likeness (QED) is 0.460. The van der Waals surface area contributed by atoms with Gasteiger partial charge in [0, 0.05) is 26.0 Å². The van der Waals surface area contributed by atoms with Crippen LogP contribution in [0.4, 0.5) is 14.5 Å². The fraction of sp³-hybridized carbons (Fsp3) is 0.182. The molecule has 0 aliphatic heterocycles. The fourth-order valence-electron chi connectivity index (χ4n) is 3.04. The predicted octanol–water partition coefficient (Wildman–Crippen LogP) is 2.14. The minimum Gasteiger partial charge on any atom is -0.339 e.